The summed E-state index contributed by atoms with van der Waals surface area (Å²) < 4.78 is 0. The molecule has 0 saturated carbocycles. The van der Waals surface area contributed by atoms with Crippen molar-refractivity contribution in [3.05, 3.63) is 35.5 Å². The van der Waals surface area contributed by atoms with Gasteiger partial charge in [0, 0.05) is 6.42 Å². The van der Waals surface area contributed by atoms with Crippen LogP contribution in [-0.2, 0) is 4.79 Å². The normalized spacial score (nSPS) is 24.9. The second-order valence-corrected chi connectivity index (χ2v) is 4.53. The fraction of sp³-hybridized carbons (Fsp3) is 0.417. The SMILES string of the molecule is CC1(C)C=CC=C2CC(=O)C=C2C1. The molecule has 1 nitrogen and oxygen atoms in total. The molecule has 13 heavy (non-hydrogen) atoms. The van der Waals surface area contributed by atoms with E-state index in [0.717, 1.165) is 6.42 Å². The lowest BCUT2D eigenvalue weighted by Gasteiger charge is -2.19. The van der Waals surface area contributed by atoms with E-state index in [4.69, 9.17) is 0 Å². The van der Waals surface area contributed by atoms with Gasteiger partial charge in [-0.1, -0.05) is 32.1 Å². The van der Waals surface area contributed by atoms with Gasteiger partial charge in [-0.3, -0.25) is 4.79 Å². The number of hydrogen-bond acceptors (Lipinski definition) is 1. The van der Waals surface area contributed by atoms with Gasteiger partial charge in [0.15, 0.2) is 5.78 Å². The maximum absolute atomic E-state index is 11.2. The number of ketones is 1. The lowest BCUT2D eigenvalue weighted by molar-refractivity contribution is -0.113. The molecule has 0 spiro atoms. The summed E-state index contributed by atoms with van der Waals surface area (Å²) in [6.45, 7) is 4.40. The smallest absolute Gasteiger partial charge is 0.160 e. The molecule has 0 heterocycles. The van der Waals surface area contributed by atoms with Crippen molar-refractivity contribution in [2.45, 2.75) is 26.7 Å². The van der Waals surface area contributed by atoms with E-state index in [-0.39, 0.29) is 11.2 Å². The van der Waals surface area contributed by atoms with Crippen molar-refractivity contribution < 1.29 is 4.79 Å². The molecule has 68 valence electrons. The molecular formula is C12H14O. The van der Waals surface area contributed by atoms with Crippen molar-refractivity contribution in [3.8, 4) is 0 Å². The minimum Gasteiger partial charge on any atom is -0.294 e. The third kappa shape index (κ3) is 1.64. The van der Waals surface area contributed by atoms with Gasteiger partial charge in [-0.25, -0.2) is 0 Å². The van der Waals surface area contributed by atoms with Gasteiger partial charge < -0.3 is 0 Å². The van der Waals surface area contributed by atoms with Gasteiger partial charge in [0.25, 0.3) is 0 Å². The Morgan fingerprint density at radius 2 is 2.08 bits per heavy atom. The zero-order valence-electron chi connectivity index (χ0n) is 8.13. The van der Waals surface area contributed by atoms with Crippen LogP contribution >= 0.6 is 0 Å². The van der Waals surface area contributed by atoms with Crippen LogP contribution in [0.4, 0.5) is 0 Å². The van der Waals surface area contributed by atoms with E-state index in [1.54, 1.807) is 6.08 Å². The topological polar surface area (TPSA) is 17.1 Å². The predicted molar refractivity (Wildman–Crippen MR) is 53.3 cm³/mol. The Kier molecular flexibility index (Phi) is 1.76. The van der Waals surface area contributed by atoms with Crippen LogP contribution in [0.1, 0.15) is 26.7 Å². The highest BCUT2D eigenvalue weighted by molar-refractivity contribution is 5.97. The zero-order chi connectivity index (χ0) is 9.47. The molecule has 1 heteroatoms. The number of rotatable bonds is 0. The monoisotopic (exact) mass is 174 g/mol. The number of carbonyl (C=O) groups excluding carboxylic acids is 1. The summed E-state index contributed by atoms with van der Waals surface area (Å²) in [6.07, 6.45) is 9.77. The molecule has 0 bridgehead atoms. The molecule has 2 aliphatic carbocycles. The highest BCUT2D eigenvalue weighted by atomic mass is 16.1. The van der Waals surface area contributed by atoms with Crippen LogP contribution in [0.5, 0.6) is 0 Å². The average molecular weight is 174 g/mol. The largest absolute Gasteiger partial charge is 0.294 e. The number of allylic oxidation sites excluding steroid dienone is 6. The molecule has 0 atom stereocenters. The Bertz CT molecular complexity index is 340. The standard InChI is InChI=1S/C12H14O/c1-12(2)5-3-4-9-6-11(13)7-10(9)8-12/h3-5,7H,6,8H2,1-2H3. The van der Waals surface area contributed by atoms with Gasteiger partial charge in [-0.2, -0.15) is 0 Å². The van der Waals surface area contributed by atoms with E-state index >= 15 is 0 Å². The van der Waals surface area contributed by atoms with Gasteiger partial charge in [0.1, 0.15) is 0 Å². The molecule has 0 amide bonds. The fourth-order valence-corrected chi connectivity index (χ4v) is 1.94. The van der Waals surface area contributed by atoms with Gasteiger partial charge in [-0.15, -0.1) is 0 Å². The van der Waals surface area contributed by atoms with Crippen LogP contribution in [0.15, 0.2) is 35.5 Å². The number of carbonyl (C=O) groups is 1. The maximum atomic E-state index is 11.2. The zero-order valence-corrected chi connectivity index (χ0v) is 8.13. The molecular weight excluding hydrogens is 160 g/mol. The van der Waals surface area contributed by atoms with Crippen molar-refractivity contribution in [1.29, 1.82) is 0 Å². The van der Waals surface area contributed by atoms with Crippen molar-refractivity contribution in [2.75, 3.05) is 0 Å². The molecule has 0 fully saturated rings. The van der Waals surface area contributed by atoms with Gasteiger partial charge in [-0.05, 0) is 29.1 Å². The van der Waals surface area contributed by atoms with Crippen LogP contribution in [0.3, 0.4) is 0 Å². The van der Waals surface area contributed by atoms with E-state index < -0.39 is 0 Å². The second-order valence-electron chi connectivity index (χ2n) is 4.53. The van der Waals surface area contributed by atoms with Crippen molar-refractivity contribution in [3.63, 3.8) is 0 Å². The molecule has 2 aliphatic rings. The van der Waals surface area contributed by atoms with E-state index in [1.807, 2.05) is 0 Å². The lowest BCUT2D eigenvalue weighted by atomic mass is 9.85. The van der Waals surface area contributed by atoms with E-state index in [2.05, 4.69) is 32.1 Å². The molecule has 0 saturated heterocycles. The number of fused-ring (bicyclic) bond motifs is 1. The minimum absolute atomic E-state index is 0.189. The number of hydrogen-bond donors (Lipinski definition) is 0. The summed E-state index contributed by atoms with van der Waals surface area (Å²) in [7, 11) is 0. The molecule has 0 N–H and O–H groups in total. The molecule has 0 radical (unpaired) electrons. The van der Waals surface area contributed by atoms with Crippen molar-refractivity contribution >= 4 is 5.78 Å². The van der Waals surface area contributed by atoms with Crippen molar-refractivity contribution in [1.82, 2.24) is 0 Å². The van der Waals surface area contributed by atoms with Crippen LogP contribution in [0, 0.1) is 5.41 Å². The summed E-state index contributed by atoms with van der Waals surface area (Å²) >= 11 is 0. The summed E-state index contributed by atoms with van der Waals surface area (Å²) in [5.41, 5.74) is 2.64. The first-order chi connectivity index (χ1) is 6.07. The Hall–Kier alpha value is -1.11. The van der Waals surface area contributed by atoms with Crippen LogP contribution < -0.4 is 0 Å². The van der Waals surface area contributed by atoms with Crippen molar-refractivity contribution in [2.24, 2.45) is 5.41 Å². The average Bonchev–Trinajstić information content (AvgIpc) is 2.23. The molecule has 0 aromatic carbocycles. The third-order valence-electron chi connectivity index (χ3n) is 2.60. The Balaban J connectivity index is 2.36. The molecule has 0 aromatic heterocycles. The van der Waals surface area contributed by atoms with Crippen LogP contribution in [-0.4, -0.2) is 5.78 Å². The first-order valence-corrected chi connectivity index (χ1v) is 4.69. The van der Waals surface area contributed by atoms with E-state index in [0.29, 0.717) is 6.42 Å². The quantitative estimate of drug-likeness (QED) is 0.552. The summed E-state index contributed by atoms with van der Waals surface area (Å²) in [5.74, 6) is 0.257. The second kappa shape index (κ2) is 2.69. The highest BCUT2D eigenvalue weighted by Crippen LogP contribution is 2.36. The Morgan fingerprint density at radius 3 is 2.85 bits per heavy atom. The Labute approximate surface area is 78.8 Å². The summed E-state index contributed by atoms with van der Waals surface area (Å²) in [6, 6.07) is 0. The fourth-order valence-electron chi connectivity index (χ4n) is 1.94. The minimum atomic E-state index is 0.189. The maximum Gasteiger partial charge on any atom is 0.160 e. The van der Waals surface area contributed by atoms with Crippen LogP contribution in [0.2, 0.25) is 0 Å². The van der Waals surface area contributed by atoms with E-state index in [1.165, 1.54) is 11.1 Å². The molecule has 0 aliphatic heterocycles. The first-order valence-electron chi connectivity index (χ1n) is 4.69. The van der Waals surface area contributed by atoms with Crippen LogP contribution in [0.25, 0.3) is 0 Å². The molecule has 2 rings (SSSR count). The third-order valence-corrected chi connectivity index (χ3v) is 2.60. The van der Waals surface area contributed by atoms with Gasteiger partial charge >= 0.3 is 0 Å². The van der Waals surface area contributed by atoms with E-state index in [9.17, 15) is 4.79 Å². The predicted octanol–water partition coefficient (Wildman–Crippen LogP) is 2.80. The highest BCUT2D eigenvalue weighted by Gasteiger charge is 2.25. The lowest BCUT2D eigenvalue weighted by Crippen LogP contribution is -2.07. The molecule has 0 aromatic rings. The Morgan fingerprint density at radius 1 is 1.31 bits per heavy atom. The van der Waals surface area contributed by atoms with Gasteiger partial charge in [0.2, 0.25) is 0 Å². The van der Waals surface area contributed by atoms with Gasteiger partial charge in [0.05, 0.1) is 0 Å². The summed E-state index contributed by atoms with van der Waals surface area (Å²) in [4.78, 5) is 11.2. The molecule has 0 unspecified atom stereocenters. The summed E-state index contributed by atoms with van der Waals surface area (Å²) in [5, 5.41) is 0. The first kappa shape index (κ1) is 8.49.